The van der Waals surface area contributed by atoms with Gasteiger partial charge in [-0.2, -0.15) is 0 Å². The first-order chi connectivity index (χ1) is 11.2. The second kappa shape index (κ2) is 7.48. The number of carbonyl (C=O) groups excluding carboxylic acids is 2. The van der Waals surface area contributed by atoms with E-state index >= 15 is 0 Å². The highest BCUT2D eigenvalue weighted by Gasteiger charge is 2.26. The lowest BCUT2D eigenvalue weighted by molar-refractivity contribution is -0.117. The van der Waals surface area contributed by atoms with Crippen molar-refractivity contribution in [3.8, 4) is 5.75 Å². The lowest BCUT2D eigenvalue weighted by atomic mass is 10.2. The fourth-order valence-corrected chi connectivity index (χ4v) is 2.30. The topological polar surface area (TPSA) is 95.0 Å². The first kappa shape index (κ1) is 18.0. The molecule has 2 amide bonds. The van der Waals surface area contributed by atoms with Crippen LogP contribution in [0.5, 0.6) is 5.75 Å². The number of hydrogen-bond donors (Lipinski definition) is 2. The molecule has 1 aromatic heterocycles. The number of amides is 2. The third-order valence-corrected chi connectivity index (χ3v) is 3.47. The van der Waals surface area contributed by atoms with Crippen LogP contribution in [-0.4, -0.2) is 70.2 Å². The van der Waals surface area contributed by atoms with Crippen LogP contribution in [0.15, 0.2) is 18.5 Å². The van der Waals surface area contributed by atoms with E-state index in [4.69, 9.17) is 4.74 Å². The van der Waals surface area contributed by atoms with E-state index in [0.29, 0.717) is 31.9 Å². The van der Waals surface area contributed by atoms with Gasteiger partial charge in [0.1, 0.15) is 5.60 Å². The number of nitrogens with one attached hydrogen (secondary N) is 1. The van der Waals surface area contributed by atoms with Crippen LogP contribution in [-0.2, 0) is 9.53 Å². The Hall–Kier alpha value is -2.35. The maximum Gasteiger partial charge on any atom is 0.410 e. The molecule has 8 nitrogen and oxygen atoms in total. The molecule has 1 saturated heterocycles. The van der Waals surface area contributed by atoms with Crippen LogP contribution >= 0.6 is 0 Å². The summed E-state index contributed by atoms with van der Waals surface area (Å²) >= 11 is 0. The number of pyridine rings is 1. The second-order valence-electron chi connectivity index (χ2n) is 6.68. The van der Waals surface area contributed by atoms with Gasteiger partial charge in [-0.15, -0.1) is 0 Å². The highest BCUT2D eigenvalue weighted by Crippen LogP contribution is 2.20. The van der Waals surface area contributed by atoms with Crippen LogP contribution in [0.4, 0.5) is 10.5 Å². The molecule has 0 bridgehead atoms. The molecule has 8 heteroatoms. The van der Waals surface area contributed by atoms with Crippen molar-refractivity contribution in [2.24, 2.45) is 0 Å². The van der Waals surface area contributed by atoms with Crippen LogP contribution in [0.2, 0.25) is 0 Å². The quantitative estimate of drug-likeness (QED) is 0.863. The average molecular weight is 336 g/mol. The minimum absolute atomic E-state index is 0.0689. The molecule has 0 atom stereocenters. The smallest absolute Gasteiger partial charge is 0.410 e. The normalized spacial score (nSPS) is 15.9. The van der Waals surface area contributed by atoms with Crippen molar-refractivity contribution < 1.29 is 19.4 Å². The number of ether oxygens (including phenoxy) is 1. The van der Waals surface area contributed by atoms with E-state index < -0.39 is 5.60 Å². The summed E-state index contributed by atoms with van der Waals surface area (Å²) in [6.07, 6.45) is 2.44. The molecular formula is C16H24N4O4. The summed E-state index contributed by atoms with van der Waals surface area (Å²) in [6, 6.07) is 1.54. The van der Waals surface area contributed by atoms with Crippen molar-refractivity contribution in [2.45, 2.75) is 26.4 Å². The Labute approximate surface area is 141 Å². The Bertz CT molecular complexity index is 592. The predicted molar refractivity (Wildman–Crippen MR) is 88.8 cm³/mol. The number of anilines is 1. The highest BCUT2D eigenvalue weighted by atomic mass is 16.6. The molecule has 0 saturated carbocycles. The number of aromatic nitrogens is 1. The molecule has 132 valence electrons. The Morgan fingerprint density at radius 1 is 1.29 bits per heavy atom. The van der Waals surface area contributed by atoms with Gasteiger partial charge in [-0.25, -0.2) is 4.79 Å². The first-order valence-corrected chi connectivity index (χ1v) is 7.88. The molecule has 2 rings (SSSR count). The van der Waals surface area contributed by atoms with Crippen LogP contribution in [0.3, 0.4) is 0 Å². The SMILES string of the molecule is CC(C)(C)OC(=O)N1CCN(CC(=O)Nc2ccncc2O)CC1. The third-order valence-electron chi connectivity index (χ3n) is 3.47. The minimum Gasteiger partial charge on any atom is -0.504 e. The van der Waals surface area contributed by atoms with Gasteiger partial charge in [0.25, 0.3) is 0 Å². The summed E-state index contributed by atoms with van der Waals surface area (Å²) in [4.78, 5) is 31.4. The predicted octanol–water partition coefficient (Wildman–Crippen LogP) is 1.28. The van der Waals surface area contributed by atoms with Gasteiger partial charge in [0.15, 0.2) is 5.75 Å². The van der Waals surface area contributed by atoms with Gasteiger partial charge >= 0.3 is 6.09 Å². The van der Waals surface area contributed by atoms with Crippen molar-refractivity contribution in [2.75, 3.05) is 38.0 Å². The molecule has 1 fully saturated rings. The van der Waals surface area contributed by atoms with E-state index in [9.17, 15) is 14.7 Å². The van der Waals surface area contributed by atoms with E-state index in [2.05, 4.69) is 10.3 Å². The zero-order valence-electron chi connectivity index (χ0n) is 14.3. The van der Waals surface area contributed by atoms with E-state index in [0.717, 1.165) is 0 Å². The monoisotopic (exact) mass is 336 g/mol. The van der Waals surface area contributed by atoms with E-state index in [-0.39, 0.29) is 24.3 Å². The Kier molecular flexibility index (Phi) is 5.61. The number of aromatic hydroxyl groups is 1. The molecule has 0 radical (unpaired) electrons. The van der Waals surface area contributed by atoms with Gasteiger partial charge in [0.05, 0.1) is 18.4 Å². The fraction of sp³-hybridized carbons (Fsp3) is 0.562. The summed E-state index contributed by atoms with van der Waals surface area (Å²) in [5.74, 6) is -0.289. The lowest BCUT2D eigenvalue weighted by Crippen LogP contribution is -2.51. The number of hydrogen-bond acceptors (Lipinski definition) is 6. The second-order valence-corrected chi connectivity index (χ2v) is 6.68. The molecule has 0 spiro atoms. The Morgan fingerprint density at radius 2 is 1.96 bits per heavy atom. The molecule has 24 heavy (non-hydrogen) atoms. The largest absolute Gasteiger partial charge is 0.504 e. The van der Waals surface area contributed by atoms with Crippen molar-refractivity contribution in [3.05, 3.63) is 18.5 Å². The molecular weight excluding hydrogens is 312 g/mol. The zero-order chi connectivity index (χ0) is 17.7. The van der Waals surface area contributed by atoms with Gasteiger partial charge in [0, 0.05) is 32.4 Å². The molecule has 2 heterocycles. The molecule has 0 aromatic carbocycles. The average Bonchev–Trinajstić information content (AvgIpc) is 2.48. The molecule has 1 aromatic rings. The Morgan fingerprint density at radius 3 is 2.54 bits per heavy atom. The van der Waals surface area contributed by atoms with Crippen LogP contribution in [0.25, 0.3) is 0 Å². The highest BCUT2D eigenvalue weighted by molar-refractivity contribution is 5.93. The van der Waals surface area contributed by atoms with Crippen molar-refractivity contribution in [3.63, 3.8) is 0 Å². The third kappa shape index (κ3) is 5.38. The van der Waals surface area contributed by atoms with E-state index in [1.54, 1.807) is 4.90 Å². The minimum atomic E-state index is -0.513. The maximum atomic E-state index is 12.0. The summed E-state index contributed by atoms with van der Waals surface area (Å²) in [6.45, 7) is 7.92. The van der Waals surface area contributed by atoms with Crippen LogP contribution in [0, 0.1) is 0 Å². The number of rotatable bonds is 3. The molecule has 0 aliphatic carbocycles. The summed E-state index contributed by atoms with van der Waals surface area (Å²) in [5.41, 5.74) is -0.178. The Balaban J connectivity index is 1.77. The lowest BCUT2D eigenvalue weighted by Gasteiger charge is -2.35. The summed E-state index contributed by atoms with van der Waals surface area (Å²) < 4.78 is 5.34. The van der Waals surface area contributed by atoms with Crippen molar-refractivity contribution in [1.29, 1.82) is 0 Å². The van der Waals surface area contributed by atoms with Gasteiger partial charge in [-0.3, -0.25) is 14.7 Å². The van der Waals surface area contributed by atoms with E-state index in [1.807, 2.05) is 25.7 Å². The first-order valence-electron chi connectivity index (χ1n) is 7.88. The van der Waals surface area contributed by atoms with Gasteiger partial charge in [0.2, 0.25) is 5.91 Å². The van der Waals surface area contributed by atoms with Crippen molar-refractivity contribution >= 4 is 17.7 Å². The van der Waals surface area contributed by atoms with Crippen molar-refractivity contribution in [1.82, 2.24) is 14.8 Å². The molecule has 0 unspecified atom stereocenters. The van der Waals surface area contributed by atoms with E-state index in [1.165, 1.54) is 18.5 Å². The standard InChI is InChI=1S/C16H24N4O4/c1-16(2,3)24-15(23)20-8-6-19(7-9-20)11-14(22)18-12-4-5-17-10-13(12)21/h4-5,10,21H,6-9,11H2,1-3H3,(H,17,18,22). The van der Waals surface area contributed by atoms with Crippen LogP contribution in [0.1, 0.15) is 20.8 Å². The number of carbonyl (C=O) groups is 2. The molecule has 1 aliphatic heterocycles. The van der Waals surface area contributed by atoms with Crippen LogP contribution < -0.4 is 5.32 Å². The van der Waals surface area contributed by atoms with Gasteiger partial charge < -0.3 is 20.1 Å². The molecule has 1 aliphatic rings. The van der Waals surface area contributed by atoms with Gasteiger partial charge in [-0.1, -0.05) is 0 Å². The fourth-order valence-electron chi connectivity index (χ4n) is 2.30. The summed E-state index contributed by atoms with van der Waals surface area (Å²) in [5, 5.41) is 12.3. The zero-order valence-corrected chi connectivity index (χ0v) is 14.3. The number of nitrogens with zero attached hydrogens (tertiary/aromatic N) is 3. The number of piperazine rings is 1. The molecule has 2 N–H and O–H groups in total. The summed E-state index contributed by atoms with van der Waals surface area (Å²) in [7, 11) is 0. The maximum absolute atomic E-state index is 12.0. The van der Waals surface area contributed by atoms with Gasteiger partial charge in [-0.05, 0) is 26.8 Å².